The second-order valence-corrected chi connectivity index (χ2v) is 8.83. The zero-order chi connectivity index (χ0) is 19.2. The van der Waals surface area contributed by atoms with Gasteiger partial charge in [-0.1, -0.05) is 35.9 Å². The second-order valence-electron chi connectivity index (χ2n) is 6.66. The molecule has 2 heterocycles. The minimum atomic E-state index is -3.67. The van der Waals surface area contributed by atoms with Gasteiger partial charge in [-0.3, -0.25) is 9.78 Å². The predicted molar refractivity (Wildman–Crippen MR) is 104 cm³/mol. The van der Waals surface area contributed by atoms with Crippen LogP contribution in [-0.2, 0) is 20.2 Å². The molecule has 0 aliphatic carbocycles. The van der Waals surface area contributed by atoms with E-state index in [0.29, 0.717) is 16.3 Å². The van der Waals surface area contributed by atoms with Crippen LogP contribution in [0.15, 0.2) is 59.8 Å². The molecule has 1 aliphatic heterocycles. The van der Waals surface area contributed by atoms with Gasteiger partial charge in [-0.2, -0.15) is 0 Å². The van der Waals surface area contributed by atoms with Crippen molar-refractivity contribution in [2.75, 3.05) is 11.9 Å². The SMILES string of the molecule is CC1(C(=O)Nc2cncc3ccccc23)CNS(=O)(=O)c2ccc(Cl)cc21. The van der Waals surface area contributed by atoms with Crippen LogP contribution in [0.1, 0.15) is 12.5 Å². The molecule has 27 heavy (non-hydrogen) atoms. The highest BCUT2D eigenvalue weighted by Gasteiger charge is 2.44. The first kappa shape index (κ1) is 17.9. The fraction of sp³-hybridized carbons (Fsp3) is 0.158. The van der Waals surface area contributed by atoms with Crippen LogP contribution in [-0.4, -0.2) is 25.9 Å². The Labute approximate surface area is 161 Å². The Bertz CT molecular complexity index is 1170. The molecule has 138 valence electrons. The smallest absolute Gasteiger partial charge is 0.240 e. The van der Waals surface area contributed by atoms with Crippen LogP contribution < -0.4 is 10.0 Å². The first-order valence-corrected chi connectivity index (χ1v) is 10.1. The molecule has 1 amide bonds. The Kier molecular flexibility index (Phi) is 4.18. The van der Waals surface area contributed by atoms with Crippen molar-refractivity contribution in [1.82, 2.24) is 9.71 Å². The van der Waals surface area contributed by atoms with Crippen LogP contribution in [0.2, 0.25) is 5.02 Å². The molecule has 2 aromatic carbocycles. The molecule has 0 fully saturated rings. The number of fused-ring (bicyclic) bond motifs is 2. The van der Waals surface area contributed by atoms with Crippen LogP contribution in [0.4, 0.5) is 5.69 Å². The van der Waals surface area contributed by atoms with Crippen molar-refractivity contribution in [1.29, 1.82) is 0 Å². The predicted octanol–water partition coefficient (Wildman–Crippen LogP) is 3.08. The standard InChI is InChI=1S/C19H16ClN3O3S/c1-19(11-22-27(25,26)17-7-6-13(20)8-15(17)19)18(24)23-16-10-21-9-12-4-2-3-5-14(12)16/h2-10,22H,11H2,1H3,(H,23,24). The van der Waals surface area contributed by atoms with Gasteiger partial charge < -0.3 is 5.32 Å². The number of aromatic nitrogens is 1. The number of halogens is 1. The zero-order valence-corrected chi connectivity index (χ0v) is 15.9. The third kappa shape index (κ3) is 2.97. The lowest BCUT2D eigenvalue weighted by molar-refractivity contribution is -0.120. The summed E-state index contributed by atoms with van der Waals surface area (Å²) in [7, 11) is -3.67. The van der Waals surface area contributed by atoms with Crippen molar-refractivity contribution in [3.63, 3.8) is 0 Å². The highest BCUT2D eigenvalue weighted by Crippen LogP contribution is 2.36. The lowest BCUT2D eigenvalue weighted by Crippen LogP contribution is -2.51. The van der Waals surface area contributed by atoms with Gasteiger partial charge in [0, 0.05) is 28.5 Å². The molecule has 0 saturated heterocycles. The Morgan fingerprint density at radius 2 is 2.00 bits per heavy atom. The normalized spacial score (nSPS) is 20.8. The van der Waals surface area contributed by atoms with E-state index in [4.69, 9.17) is 11.6 Å². The maximum atomic E-state index is 13.2. The summed E-state index contributed by atoms with van der Waals surface area (Å²) in [4.78, 5) is 17.4. The van der Waals surface area contributed by atoms with E-state index in [9.17, 15) is 13.2 Å². The zero-order valence-electron chi connectivity index (χ0n) is 14.4. The van der Waals surface area contributed by atoms with Crippen LogP contribution >= 0.6 is 11.6 Å². The lowest BCUT2D eigenvalue weighted by Gasteiger charge is -2.34. The summed E-state index contributed by atoms with van der Waals surface area (Å²) in [5, 5.41) is 5.03. The molecule has 1 atom stereocenters. The van der Waals surface area contributed by atoms with E-state index in [0.717, 1.165) is 10.8 Å². The van der Waals surface area contributed by atoms with E-state index in [1.165, 1.54) is 18.2 Å². The molecule has 4 rings (SSSR count). The number of anilines is 1. The highest BCUT2D eigenvalue weighted by molar-refractivity contribution is 7.89. The number of carbonyl (C=O) groups excluding carboxylic acids is 1. The minimum absolute atomic E-state index is 0.0619. The Balaban J connectivity index is 1.79. The van der Waals surface area contributed by atoms with Gasteiger partial charge in [0.15, 0.2) is 0 Å². The van der Waals surface area contributed by atoms with Gasteiger partial charge in [-0.05, 0) is 30.7 Å². The lowest BCUT2D eigenvalue weighted by atomic mass is 9.81. The average Bonchev–Trinajstić information content (AvgIpc) is 2.65. The van der Waals surface area contributed by atoms with E-state index in [1.54, 1.807) is 19.3 Å². The number of hydrogen-bond acceptors (Lipinski definition) is 4. The highest BCUT2D eigenvalue weighted by atomic mass is 35.5. The molecule has 1 aliphatic rings. The number of pyridine rings is 1. The Morgan fingerprint density at radius 3 is 2.81 bits per heavy atom. The number of carbonyl (C=O) groups is 1. The van der Waals surface area contributed by atoms with Crippen molar-refractivity contribution in [3.8, 4) is 0 Å². The summed E-state index contributed by atoms with van der Waals surface area (Å²) in [5.41, 5.74) is -0.182. The summed E-state index contributed by atoms with van der Waals surface area (Å²) in [5.74, 6) is -0.341. The van der Waals surface area contributed by atoms with Gasteiger partial charge in [-0.15, -0.1) is 0 Å². The van der Waals surface area contributed by atoms with Gasteiger partial charge in [0.05, 0.1) is 22.2 Å². The fourth-order valence-corrected chi connectivity index (χ4v) is 4.89. The summed E-state index contributed by atoms with van der Waals surface area (Å²) in [6.07, 6.45) is 3.30. The van der Waals surface area contributed by atoms with Crippen molar-refractivity contribution in [3.05, 3.63) is 65.4 Å². The Morgan fingerprint density at radius 1 is 1.22 bits per heavy atom. The van der Waals surface area contributed by atoms with Crippen molar-refractivity contribution < 1.29 is 13.2 Å². The Hall–Kier alpha value is -2.48. The van der Waals surface area contributed by atoms with E-state index in [1.807, 2.05) is 24.3 Å². The van der Waals surface area contributed by atoms with Gasteiger partial charge in [0.25, 0.3) is 0 Å². The third-order valence-electron chi connectivity index (χ3n) is 4.86. The largest absolute Gasteiger partial charge is 0.323 e. The van der Waals surface area contributed by atoms with Gasteiger partial charge in [0.1, 0.15) is 0 Å². The number of nitrogens with zero attached hydrogens (tertiary/aromatic N) is 1. The molecule has 0 bridgehead atoms. The number of sulfonamides is 1. The van der Waals surface area contributed by atoms with Gasteiger partial charge in [0.2, 0.25) is 15.9 Å². The first-order valence-electron chi connectivity index (χ1n) is 8.25. The molecule has 6 nitrogen and oxygen atoms in total. The van der Waals surface area contributed by atoms with Gasteiger partial charge >= 0.3 is 0 Å². The molecule has 3 aromatic rings. The molecule has 8 heteroatoms. The van der Waals surface area contributed by atoms with E-state index >= 15 is 0 Å². The summed E-state index contributed by atoms with van der Waals surface area (Å²) >= 11 is 6.08. The monoisotopic (exact) mass is 401 g/mol. The van der Waals surface area contributed by atoms with E-state index in [2.05, 4.69) is 15.0 Å². The summed E-state index contributed by atoms with van der Waals surface area (Å²) in [6, 6.07) is 12.0. The topological polar surface area (TPSA) is 88.2 Å². The van der Waals surface area contributed by atoms with Crippen molar-refractivity contribution in [2.45, 2.75) is 17.2 Å². The van der Waals surface area contributed by atoms with Crippen LogP contribution in [0.3, 0.4) is 0 Å². The molecule has 2 N–H and O–H groups in total. The maximum Gasteiger partial charge on any atom is 0.240 e. The first-order chi connectivity index (χ1) is 12.8. The second kappa shape index (κ2) is 6.30. The molecule has 0 radical (unpaired) electrons. The molecular weight excluding hydrogens is 386 g/mol. The van der Waals surface area contributed by atoms with Crippen LogP contribution in [0.25, 0.3) is 10.8 Å². The molecule has 0 spiro atoms. The molecule has 0 saturated carbocycles. The summed E-state index contributed by atoms with van der Waals surface area (Å²) < 4.78 is 27.1. The number of benzene rings is 2. The van der Waals surface area contributed by atoms with E-state index < -0.39 is 15.4 Å². The maximum absolute atomic E-state index is 13.2. The fourth-order valence-electron chi connectivity index (χ4n) is 3.26. The van der Waals surface area contributed by atoms with Crippen LogP contribution in [0, 0.1) is 0 Å². The number of rotatable bonds is 2. The minimum Gasteiger partial charge on any atom is -0.323 e. The molecule has 1 aromatic heterocycles. The van der Waals surface area contributed by atoms with E-state index in [-0.39, 0.29) is 17.3 Å². The van der Waals surface area contributed by atoms with Gasteiger partial charge in [-0.25, -0.2) is 13.1 Å². The molecular formula is C19H16ClN3O3S. The number of nitrogens with one attached hydrogen (secondary N) is 2. The average molecular weight is 402 g/mol. The number of hydrogen-bond donors (Lipinski definition) is 2. The quantitative estimate of drug-likeness (QED) is 0.690. The summed E-state index contributed by atoms with van der Waals surface area (Å²) in [6.45, 7) is 1.63. The van der Waals surface area contributed by atoms with Crippen LogP contribution in [0.5, 0.6) is 0 Å². The van der Waals surface area contributed by atoms with Crippen molar-refractivity contribution in [2.24, 2.45) is 0 Å². The molecule has 1 unspecified atom stereocenters. The number of amides is 1. The third-order valence-corrected chi connectivity index (χ3v) is 6.55. The van der Waals surface area contributed by atoms with Crippen molar-refractivity contribution >= 4 is 44.0 Å².